The summed E-state index contributed by atoms with van der Waals surface area (Å²) >= 11 is 6.15. The van der Waals surface area contributed by atoms with Crippen molar-refractivity contribution in [2.24, 2.45) is 4.99 Å². The van der Waals surface area contributed by atoms with E-state index in [1.807, 2.05) is 25.1 Å². The van der Waals surface area contributed by atoms with E-state index in [1.54, 1.807) is 23.0 Å². The minimum atomic E-state index is -0.460. The smallest absolute Gasteiger partial charge is 0.194 e. The molecular weight excluding hydrogens is 262 g/mol. The average molecular weight is 274 g/mol. The van der Waals surface area contributed by atoms with Crippen LogP contribution in [0.1, 0.15) is 32.7 Å². The summed E-state index contributed by atoms with van der Waals surface area (Å²) in [6.07, 6.45) is 3.29. The number of hydrogen-bond donors (Lipinski definition) is 1. The molecular formula is C14H12ClN3O. The zero-order valence-corrected chi connectivity index (χ0v) is 11.1. The molecule has 1 aromatic carbocycles. The Kier molecular flexibility index (Phi) is 2.87. The molecule has 0 saturated carbocycles. The van der Waals surface area contributed by atoms with Crippen LogP contribution in [0.4, 0.5) is 0 Å². The first-order chi connectivity index (χ1) is 9.18. The number of nitrogens with zero attached hydrogens (tertiary/aromatic N) is 2. The molecule has 1 aliphatic heterocycles. The zero-order valence-electron chi connectivity index (χ0n) is 10.3. The Morgan fingerprint density at radius 1 is 1.37 bits per heavy atom. The van der Waals surface area contributed by atoms with Crippen LogP contribution in [0, 0.1) is 6.92 Å². The van der Waals surface area contributed by atoms with E-state index in [2.05, 4.69) is 10.4 Å². The first kappa shape index (κ1) is 12.0. The van der Waals surface area contributed by atoms with Gasteiger partial charge in [-0.1, -0.05) is 41.9 Å². The third-order valence-electron chi connectivity index (χ3n) is 3.21. The van der Waals surface area contributed by atoms with E-state index < -0.39 is 5.50 Å². The summed E-state index contributed by atoms with van der Waals surface area (Å²) in [5, 5.41) is 0. The van der Waals surface area contributed by atoms with Gasteiger partial charge in [-0.2, -0.15) is 0 Å². The highest BCUT2D eigenvalue weighted by Crippen LogP contribution is 2.30. The Morgan fingerprint density at radius 2 is 2.11 bits per heavy atom. The number of aliphatic imine (C=N–C) groups is 1. The Labute approximate surface area is 115 Å². The standard InChI is InChI=1S/C14H12ClN3O/c1-9-11(13(19)10-5-3-2-4-6-10)7-18-12(9)14(15)16-8-17-18/h2-8,14H,1H3,(H,16,17). The minimum Gasteiger partial charge on any atom is -0.289 e. The highest BCUT2D eigenvalue weighted by atomic mass is 35.5. The van der Waals surface area contributed by atoms with Crippen molar-refractivity contribution in [2.45, 2.75) is 12.4 Å². The maximum atomic E-state index is 12.5. The molecule has 4 nitrogen and oxygen atoms in total. The van der Waals surface area contributed by atoms with Gasteiger partial charge in [0.1, 0.15) is 6.34 Å². The molecule has 0 amide bonds. The van der Waals surface area contributed by atoms with Crippen molar-refractivity contribution in [3.05, 3.63) is 58.9 Å². The molecule has 0 spiro atoms. The van der Waals surface area contributed by atoms with Crippen molar-refractivity contribution in [2.75, 3.05) is 5.43 Å². The number of rotatable bonds is 2. The predicted molar refractivity (Wildman–Crippen MR) is 75.5 cm³/mol. The minimum absolute atomic E-state index is 0.00864. The number of ketones is 1. The lowest BCUT2D eigenvalue weighted by molar-refractivity contribution is 0.103. The van der Waals surface area contributed by atoms with Gasteiger partial charge in [0.05, 0.1) is 5.69 Å². The van der Waals surface area contributed by atoms with E-state index >= 15 is 0 Å². The summed E-state index contributed by atoms with van der Waals surface area (Å²) in [5.74, 6) is -0.00864. The van der Waals surface area contributed by atoms with Gasteiger partial charge in [-0.15, -0.1) is 0 Å². The van der Waals surface area contributed by atoms with E-state index in [9.17, 15) is 4.79 Å². The van der Waals surface area contributed by atoms with Gasteiger partial charge in [0.2, 0.25) is 0 Å². The first-order valence-corrected chi connectivity index (χ1v) is 6.36. The van der Waals surface area contributed by atoms with Crippen LogP contribution in [0.5, 0.6) is 0 Å². The van der Waals surface area contributed by atoms with Gasteiger partial charge in [0.15, 0.2) is 11.3 Å². The number of carbonyl (C=O) groups is 1. The number of alkyl halides is 1. The highest BCUT2D eigenvalue weighted by Gasteiger charge is 2.24. The number of benzene rings is 1. The van der Waals surface area contributed by atoms with Gasteiger partial charge in [-0.25, -0.2) is 4.99 Å². The predicted octanol–water partition coefficient (Wildman–Crippen LogP) is 2.85. The van der Waals surface area contributed by atoms with Crippen LogP contribution in [-0.4, -0.2) is 16.8 Å². The van der Waals surface area contributed by atoms with Crippen LogP contribution >= 0.6 is 11.6 Å². The number of hydrogen-bond acceptors (Lipinski definition) is 3. The van der Waals surface area contributed by atoms with E-state index in [0.717, 1.165) is 11.3 Å². The fourth-order valence-corrected chi connectivity index (χ4v) is 2.55. The van der Waals surface area contributed by atoms with Crippen LogP contribution < -0.4 is 5.43 Å². The summed E-state index contributed by atoms with van der Waals surface area (Å²) in [6.45, 7) is 1.89. The molecule has 0 fully saturated rings. The molecule has 0 bridgehead atoms. The Hall–Kier alpha value is -2.07. The molecule has 0 radical (unpaired) electrons. The maximum Gasteiger partial charge on any atom is 0.194 e. The molecule has 2 heterocycles. The molecule has 0 aliphatic carbocycles. The number of fused-ring (bicyclic) bond motifs is 1. The maximum absolute atomic E-state index is 12.5. The van der Waals surface area contributed by atoms with Crippen molar-refractivity contribution < 1.29 is 4.79 Å². The molecule has 1 unspecified atom stereocenters. The monoisotopic (exact) mass is 273 g/mol. The fourth-order valence-electron chi connectivity index (χ4n) is 2.22. The number of nitrogens with one attached hydrogen (secondary N) is 1. The third kappa shape index (κ3) is 1.94. The number of aromatic nitrogens is 1. The summed E-state index contributed by atoms with van der Waals surface area (Å²) in [5.41, 5.74) is 5.47. The van der Waals surface area contributed by atoms with Gasteiger partial charge in [-0.3, -0.25) is 14.9 Å². The van der Waals surface area contributed by atoms with E-state index in [-0.39, 0.29) is 5.78 Å². The van der Waals surface area contributed by atoms with Gasteiger partial charge < -0.3 is 0 Å². The van der Waals surface area contributed by atoms with E-state index in [1.165, 1.54) is 6.34 Å². The topological polar surface area (TPSA) is 46.4 Å². The first-order valence-electron chi connectivity index (χ1n) is 5.92. The second-order valence-electron chi connectivity index (χ2n) is 4.36. The lowest BCUT2D eigenvalue weighted by atomic mass is 10.0. The van der Waals surface area contributed by atoms with Gasteiger partial charge in [0.25, 0.3) is 0 Å². The second kappa shape index (κ2) is 4.55. The normalized spacial score (nSPS) is 16.8. The number of halogens is 1. The summed E-state index contributed by atoms with van der Waals surface area (Å²) in [7, 11) is 0. The van der Waals surface area contributed by atoms with Crippen LogP contribution in [-0.2, 0) is 0 Å². The Morgan fingerprint density at radius 3 is 2.79 bits per heavy atom. The molecule has 96 valence electrons. The van der Waals surface area contributed by atoms with Crippen LogP contribution in [0.3, 0.4) is 0 Å². The molecule has 19 heavy (non-hydrogen) atoms. The lowest BCUT2D eigenvalue weighted by Crippen LogP contribution is -2.20. The van der Waals surface area contributed by atoms with Crippen molar-refractivity contribution in [1.29, 1.82) is 0 Å². The van der Waals surface area contributed by atoms with Crippen LogP contribution in [0.2, 0.25) is 0 Å². The average Bonchev–Trinajstić information content (AvgIpc) is 2.78. The molecule has 3 rings (SSSR count). The fraction of sp³-hybridized carbons (Fsp3) is 0.143. The number of carbonyl (C=O) groups excluding carboxylic acids is 1. The summed E-state index contributed by atoms with van der Waals surface area (Å²) < 4.78 is 1.75. The van der Waals surface area contributed by atoms with Crippen LogP contribution in [0.15, 0.2) is 41.5 Å². The largest absolute Gasteiger partial charge is 0.289 e. The van der Waals surface area contributed by atoms with Crippen LogP contribution in [0.25, 0.3) is 0 Å². The van der Waals surface area contributed by atoms with E-state index in [4.69, 9.17) is 11.6 Å². The molecule has 1 aromatic heterocycles. The Bertz CT molecular complexity index is 661. The SMILES string of the molecule is Cc1c(C(=O)c2ccccc2)cn2c1C(Cl)N=CN2. The Balaban J connectivity index is 2.06. The molecule has 2 aromatic rings. The molecule has 5 heteroatoms. The molecule has 1 atom stereocenters. The van der Waals surface area contributed by atoms with Gasteiger partial charge in [-0.05, 0) is 12.5 Å². The van der Waals surface area contributed by atoms with Crippen molar-refractivity contribution in [3.63, 3.8) is 0 Å². The summed E-state index contributed by atoms with van der Waals surface area (Å²) in [6, 6.07) is 9.20. The highest BCUT2D eigenvalue weighted by molar-refractivity contribution is 6.21. The molecule has 0 saturated heterocycles. The van der Waals surface area contributed by atoms with Gasteiger partial charge >= 0.3 is 0 Å². The third-order valence-corrected chi connectivity index (χ3v) is 3.53. The van der Waals surface area contributed by atoms with Crippen molar-refractivity contribution >= 4 is 23.7 Å². The zero-order chi connectivity index (χ0) is 13.4. The van der Waals surface area contributed by atoms with Crippen molar-refractivity contribution in [3.8, 4) is 0 Å². The quantitative estimate of drug-likeness (QED) is 0.520. The molecule has 1 aliphatic rings. The van der Waals surface area contributed by atoms with E-state index in [0.29, 0.717) is 11.1 Å². The summed E-state index contributed by atoms with van der Waals surface area (Å²) in [4.78, 5) is 16.5. The van der Waals surface area contributed by atoms with Gasteiger partial charge in [0, 0.05) is 17.3 Å². The van der Waals surface area contributed by atoms with Crippen molar-refractivity contribution in [1.82, 2.24) is 4.68 Å². The lowest BCUT2D eigenvalue weighted by Gasteiger charge is -2.16. The second-order valence-corrected chi connectivity index (χ2v) is 4.77. The molecule has 1 N–H and O–H groups in total.